The summed E-state index contributed by atoms with van der Waals surface area (Å²) in [5.41, 5.74) is 0.674. The highest BCUT2D eigenvalue weighted by molar-refractivity contribution is 7.08. The number of amides is 1. The molecule has 0 aliphatic rings. The Morgan fingerprint density at radius 1 is 1.59 bits per heavy atom. The van der Waals surface area contributed by atoms with Crippen LogP contribution in [0.15, 0.2) is 12.3 Å². The van der Waals surface area contributed by atoms with Crippen LogP contribution in [0.25, 0.3) is 0 Å². The van der Waals surface area contributed by atoms with Crippen LogP contribution in [0.4, 0.5) is 5.82 Å². The lowest BCUT2D eigenvalue weighted by atomic mass is 10.3. The number of halogens is 1. The third-order valence-corrected chi connectivity index (χ3v) is 2.91. The number of nitrogens with one attached hydrogen (secondary N) is 1. The molecule has 0 aliphatic carbocycles. The maximum absolute atomic E-state index is 11.9. The zero-order valence-electron chi connectivity index (χ0n) is 8.85. The molecule has 0 atom stereocenters. The monoisotopic (exact) mass is 269 g/mol. The van der Waals surface area contributed by atoms with Crippen molar-refractivity contribution in [1.29, 1.82) is 0 Å². The predicted octanol–water partition coefficient (Wildman–Crippen LogP) is 1.80. The van der Waals surface area contributed by atoms with Crippen molar-refractivity contribution in [3.8, 4) is 0 Å². The zero-order chi connectivity index (χ0) is 12.3. The van der Waals surface area contributed by atoms with Crippen molar-refractivity contribution in [2.75, 3.05) is 5.32 Å². The van der Waals surface area contributed by atoms with E-state index in [1.807, 2.05) is 6.92 Å². The first-order valence-electron chi connectivity index (χ1n) is 4.82. The molecule has 0 saturated carbocycles. The lowest BCUT2D eigenvalue weighted by Gasteiger charge is -2.02. The Bertz CT molecular complexity index is 544. The normalized spacial score (nSPS) is 10.2. The Morgan fingerprint density at radius 3 is 3.12 bits per heavy atom. The lowest BCUT2D eigenvalue weighted by Crippen LogP contribution is -2.13. The predicted molar refractivity (Wildman–Crippen MR) is 64.3 cm³/mol. The Labute approximate surface area is 106 Å². The van der Waals surface area contributed by atoms with E-state index in [4.69, 9.17) is 11.6 Å². The highest BCUT2D eigenvalue weighted by Gasteiger charge is 2.15. The molecule has 2 heterocycles. The van der Waals surface area contributed by atoms with Crippen molar-refractivity contribution < 1.29 is 4.79 Å². The molecule has 2 aromatic heterocycles. The van der Waals surface area contributed by atoms with Crippen molar-refractivity contribution in [1.82, 2.24) is 19.6 Å². The first-order chi connectivity index (χ1) is 8.20. The molecule has 0 radical (unpaired) electrons. The Kier molecular flexibility index (Phi) is 3.60. The van der Waals surface area contributed by atoms with Crippen LogP contribution in [0.2, 0.25) is 5.28 Å². The average Bonchev–Trinajstić information content (AvgIpc) is 2.77. The highest BCUT2D eigenvalue weighted by Crippen LogP contribution is 2.14. The number of anilines is 1. The second kappa shape index (κ2) is 5.15. The molecule has 88 valence electrons. The molecule has 0 fully saturated rings. The van der Waals surface area contributed by atoms with Gasteiger partial charge in [0.1, 0.15) is 10.7 Å². The Hall–Kier alpha value is -1.60. The second-order valence-electron chi connectivity index (χ2n) is 3.07. The van der Waals surface area contributed by atoms with Gasteiger partial charge in [0.2, 0.25) is 5.28 Å². The Balaban J connectivity index is 2.17. The van der Waals surface area contributed by atoms with Gasteiger partial charge in [-0.3, -0.25) is 4.79 Å². The van der Waals surface area contributed by atoms with Crippen LogP contribution in [-0.2, 0) is 6.42 Å². The van der Waals surface area contributed by atoms with E-state index in [-0.39, 0.29) is 11.2 Å². The van der Waals surface area contributed by atoms with Gasteiger partial charge in [-0.25, -0.2) is 9.97 Å². The summed E-state index contributed by atoms with van der Waals surface area (Å²) in [6.45, 7) is 1.91. The van der Waals surface area contributed by atoms with Crippen molar-refractivity contribution >= 4 is 34.9 Å². The van der Waals surface area contributed by atoms with Crippen LogP contribution in [0.5, 0.6) is 0 Å². The van der Waals surface area contributed by atoms with E-state index in [0.717, 1.165) is 11.5 Å². The second-order valence-corrected chi connectivity index (χ2v) is 4.16. The molecule has 0 spiro atoms. The smallest absolute Gasteiger partial charge is 0.270 e. The van der Waals surface area contributed by atoms with E-state index in [2.05, 4.69) is 24.9 Å². The number of rotatable bonds is 3. The summed E-state index contributed by atoms with van der Waals surface area (Å²) in [7, 11) is 0. The van der Waals surface area contributed by atoms with Crippen LogP contribution >= 0.6 is 23.1 Å². The summed E-state index contributed by atoms with van der Waals surface area (Å²) in [6.07, 6.45) is 2.13. The standard InChI is InChI=1S/C9H8ClN5OS/c1-2-5-7(17-15-14-5)8(16)12-6-3-4-11-9(10)13-6/h3-4H,2H2,1H3,(H,11,12,13,16). The minimum atomic E-state index is -0.286. The third-order valence-electron chi connectivity index (χ3n) is 1.96. The molecule has 6 nitrogen and oxygen atoms in total. The van der Waals surface area contributed by atoms with Gasteiger partial charge >= 0.3 is 0 Å². The zero-order valence-corrected chi connectivity index (χ0v) is 10.4. The van der Waals surface area contributed by atoms with Gasteiger partial charge in [0.05, 0.1) is 5.69 Å². The summed E-state index contributed by atoms with van der Waals surface area (Å²) in [5.74, 6) is 0.0667. The lowest BCUT2D eigenvalue weighted by molar-refractivity contribution is 0.102. The van der Waals surface area contributed by atoms with Gasteiger partial charge in [-0.05, 0) is 35.6 Å². The maximum Gasteiger partial charge on any atom is 0.270 e. The van der Waals surface area contributed by atoms with Gasteiger partial charge in [-0.15, -0.1) is 5.10 Å². The molecular weight excluding hydrogens is 262 g/mol. The van der Waals surface area contributed by atoms with Crippen LogP contribution in [0, 0.1) is 0 Å². The molecule has 1 amide bonds. The van der Waals surface area contributed by atoms with Crippen LogP contribution in [-0.4, -0.2) is 25.5 Å². The largest absolute Gasteiger partial charge is 0.306 e. The summed E-state index contributed by atoms with van der Waals surface area (Å²) >= 11 is 6.67. The van der Waals surface area contributed by atoms with E-state index in [9.17, 15) is 4.79 Å². The SMILES string of the molecule is CCc1nnsc1C(=O)Nc1ccnc(Cl)n1. The first kappa shape index (κ1) is 11.9. The van der Waals surface area contributed by atoms with Crippen molar-refractivity contribution in [3.63, 3.8) is 0 Å². The van der Waals surface area contributed by atoms with Gasteiger partial charge in [-0.1, -0.05) is 11.4 Å². The molecule has 8 heteroatoms. The molecule has 0 aromatic carbocycles. The molecule has 0 bridgehead atoms. The number of nitrogens with zero attached hydrogens (tertiary/aromatic N) is 4. The minimum absolute atomic E-state index is 0.0842. The Morgan fingerprint density at radius 2 is 2.41 bits per heavy atom. The fourth-order valence-electron chi connectivity index (χ4n) is 1.19. The number of carbonyl (C=O) groups excluding carboxylic acids is 1. The van der Waals surface area contributed by atoms with E-state index in [0.29, 0.717) is 22.8 Å². The first-order valence-corrected chi connectivity index (χ1v) is 5.97. The number of hydrogen-bond donors (Lipinski definition) is 1. The summed E-state index contributed by atoms with van der Waals surface area (Å²) in [5, 5.41) is 6.56. The molecule has 2 rings (SSSR count). The summed E-state index contributed by atoms with van der Waals surface area (Å²) in [6, 6.07) is 1.56. The molecule has 2 aromatic rings. The quantitative estimate of drug-likeness (QED) is 0.860. The maximum atomic E-state index is 11.9. The molecule has 0 saturated heterocycles. The molecule has 0 unspecified atom stereocenters. The fourth-order valence-corrected chi connectivity index (χ4v) is 1.98. The average molecular weight is 270 g/mol. The van der Waals surface area contributed by atoms with Gasteiger partial charge in [0, 0.05) is 6.20 Å². The minimum Gasteiger partial charge on any atom is -0.306 e. The van der Waals surface area contributed by atoms with E-state index < -0.39 is 0 Å². The van der Waals surface area contributed by atoms with Crippen molar-refractivity contribution in [2.45, 2.75) is 13.3 Å². The summed E-state index contributed by atoms with van der Waals surface area (Å²) in [4.78, 5) is 20.0. The van der Waals surface area contributed by atoms with Gasteiger partial charge < -0.3 is 5.32 Å². The van der Waals surface area contributed by atoms with Gasteiger partial charge in [-0.2, -0.15) is 0 Å². The van der Waals surface area contributed by atoms with E-state index in [1.165, 1.54) is 6.20 Å². The third kappa shape index (κ3) is 2.75. The number of aromatic nitrogens is 4. The topological polar surface area (TPSA) is 80.7 Å². The number of aryl methyl sites for hydroxylation is 1. The van der Waals surface area contributed by atoms with Gasteiger partial charge in [0.25, 0.3) is 5.91 Å². The van der Waals surface area contributed by atoms with E-state index in [1.54, 1.807) is 6.07 Å². The van der Waals surface area contributed by atoms with Crippen LogP contribution in [0.3, 0.4) is 0 Å². The van der Waals surface area contributed by atoms with Crippen LogP contribution < -0.4 is 5.32 Å². The van der Waals surface area contributed by atoms with Crippen LogP contribution in [0.1, 0.15) is 22.3 Å². The molecule has 0 aliphatic heterocycles. The van der Waals surface area contributed by atoms with E-state index >= 15 is 0 Å². The summed E-state index contributed by atoms with van der Waals surface area (Å²) < 4.78 is 3.75. The molecule has 1 N–H and O–H groups in total. The molecular formula is C9H8ClN5OS. The van der Waals surface area contributed by atoms with Crippen molar-refractivity contribution in [3.05, 3.63) is 28.1 Å². The number of hydrogen-bond acceptors (Lipinski definition) is 6. The number of carbonyl (C=O) groups is 1. The molecule has 17 heavy (non-hydrogen) atoms. The fraction of sp³-hybridized carbons (Fsp3) is 0.222. The van der Waals surface area contributed by atoms with Gasteiger partial charge in [0.15, 0.2) is 0 Å². The highest BCUT2D eigenvalue weighted by atomic mass is 35.5. The van der Waals surface area contributed by atoms with Crippen molar-refractivity contribution in [2.24, 2.45) is 0 Å².